The number of nitrogens with zero attached hydrogens (tertiary/aromatic N) is 2. The van der Waals surface area contributed by atoms with Crippen LogP contribution >= 0.6 is 0 Å². The van der Waals surface area contributed by atoms with Crippen LogP contribution in [0.15, 0.2) is 0 Å². The van der Waals surface area contributed by atoms with Crippen LogP contribution in [-0.2, 0) is 10.2 Å². The van der Waals surface area contributed by atoms with Crippen molar-refractivity contribution < 1.29 is 8.42 Å². The summed E-state index contributed by atoms with van der Waals surface area (Å²) in [4.78, 5) is 0. The molecule has 13 heavy (non-hydrogen) atoms. The zero-order chi connectivity index (χ0) is 9.47. The Morgan fingerprint density at radius 3 is 2.54 bits per heavy atom. The Morgan fingerprint density at radius 2 is 2.00 bits per heavy atom. The van der Waals surface area contributed by atoms with Gasteiger partial charge in [-0.05, 0) is 19.3 Å². The van der Waals surface area contributed by atoms with E-state index in [1.807, 2.05) is 6.92 Å². The molecule has 0 radical (unpaired) electrons. The van der Waals surface area contributed by atoms with Gasteiger partial charge in [0.1, 0.15) is 0 Å². The number of hydrogen-bond acceptors (Lipinski definition) is 2. The maximum atomic E-state index is 11.9. The molecule has 2 aliphatic rings. The van der Waals surface area contributed by atoms with Crippen molar-refractivity contribution in [2.75, 3.05) is 19.6 Å². The molecule has 0 atom stereocenters. The van der Waals surface area contributed by atoms with Crippen LogP contribution in [0.2, 0.25) is 0 Å². The highest BCUT2D eigenvalue weighted by Gasteiger charge is 2.41. The SMILES string of the molecule is CCN1CCCN(C2CC2)S1(=O)=O. The number of hydrogen-bond donors (Lipinski definition) is 0. The first-order valence-electron chi connectivity index (χ1n) is 4.93. The molecule has 76 valence electrons. The van der Waals surface area contributed by atoms with Crippen LogP contribution < -0.4 is 0 Å². The van der Waals surface area contributed by atoms with E-state index in [0.717, 1.165) is 25.8 Å². The van der Waals surface area contributed by atoms with Gasteiger partial charge in [0.25, 0.3) is 10.2 Å². The average Bonchev–Trinajstić information content (AvgIpc) is 2.86. The zero-order valence-corrected chi connectivity index (χ0v) is 8.76. The van der Waals surface area contributed by atoms with Crippen molar-refractivity contribution in [2.45, 2.75) is 32.2 Å². The van der Waals surface area contributed by atoms with Crippen LogP contribution in [0.5, 0.6) is 0 Å². The summed E-state index contributed by atoms with van der Waals surface area (Å²) in [5.41, 5.74) is 0. The van der Waals surface area contributed by atoms with Crippen LogP contribution in [0, 0.1) is 0 Å². The summed E-state index contributed by atoms with van der Waals surface area (Å²) in [5.74, 6) is 0. The molecular weight excluding hydrogens is 188 g/mol. The molecular formula is C8H16N2O2S. The Labute approximate surface area is 79.7 Å². The lowest BCUT2D eigenvalue weighted by atomic mass is 10.4. The Balaban J connectivity index is 2.19. The molecule has 0 aromatic heterocycles. The molecule has 0 aromatic rings. The Morgan fingerprint density at radius 1 is 1.31 bits per heavy atom. The van der Waals surface area contributed by atoms with Gasteiger partial charge in [-0.2, -0.15) is 17.0 Å². The summed E-state index contributed by atoms with van der Waals surface area (Å²) >= 11 is 0. The first-order chi connectivity index (χ1) is 6.16. The van der Waals surface area contributed by atoms with Crippen LogP contribution in [-0.4, -0.2) is 42.7 Å². The maximum Gasteiger partial charge on any atom is 0.282 e. The summed E-state index contributed by atoms with van der Waals surface area (Å²) in [6, 6.07) is 0.319. The molecule has 4 nitrogen and oxygen atoms in total. The summed E-state index contributed by atoms with van der Waals surface area (Å²) in [7, 11) is -3.08. The summed E-state index contributed by atoms with van der Waals surface area (Å²) in [5, 5.41) is 0. The van der Waals surface area contributed by atoms with Gasteiger partial charge in [0.2, 0.25) is 0 Å². The fourth-order valence-electron chi connectivity index (χ4n) is 1.84. The van der Waals surface area contributed by atoms with Crippen molar-refractivity contribution in [3.63, 3.8) is 0 Å². The Kier molecular flexibility index (Phi) is 2.33. The van der Waals surface area contributed by atoms with Gasteiger partial charge < -0.3 is 0 Å². The second-order valence-electron chi connectivity index (χ2n) is 3.69. The molecule has 1 saturated heterocycles. The fourth-order valence-corrected chi connectivity index (χ4v) is 3.77. The van der Waals surface area contributed by atoms with E-state index in [0.29, 0.717) is 19.1 Å². The van der Waals surface area contributed by atoms with Gasteiger partial charge in [-0.15, -0.1) is 0 Å². The summed E-state index contributed by atoms with van der Waals surface area (Å²) < 4.78 is 27.0. The predicted molar refractivity (Wildman–Crippen MR) is 50.5 cm³/mol. The van der Waals surface area contributed by atoms with E-state index in [9.17, 15) is 8.42 Å². The Hall–Kier alpha value is -0.130. The third-order valence-corrected chi connectivity index (χ3v) is 4.88. The summed E-state index contributed by atoms with van der Waals surface area (Å²) in [6.45, 7) is 3.92. The highest BCUT2D eigenvalue weighted by Crippen LogP contribution is 2.32. The van der Waals surface area contributed by atoms with E-state index >= 15 is 0 Å². The van der Waals surface area contributed by atoms with Crippen LogP contribution in [0.25, 0.3) is 0 Å². The minimum atomic E-state index is -3.08. The first-order valence-corrected chi connectivity index (χ1v) is 6.33. The third kappa shape index (κ3) is 1.60. The lowest BCUT2D eigenvalue weighted by Crippen LogP contribution is -2.50. The smallest absolute Gasteiger partial charge is 0.195 e. The topological polar surface area (TPSA) is 40.6 Å². The minimum absolute atomic E-state index is 0.319. The quantitative estimate of drug-likeness (QED) is 0.654. The third-order valence-electron chi connectivity index (χ3n) is 2.72. The average molecular weight is 204 g/mol. The van der Waals surface area contributed by atoms with Crippen molar-refractivity contribution in [1.29, 1.82) is 0 Å². The van der Waals surface area contributed by atoms with Gasteiger partial charge in [0.05, 0.1) is 0 Å². The van der Waals surface area contributed by atoms with Crippen LogP contribution in [0.4, 0.5) is 0 Å². The van der Waals surface area contributed by atoms with Crippen LogP contribution in [0.1, 0.15) is 26.2 Å². The van der Waals surface area contributed by atoms with Crippen molar-refractivity contribution in [3.8, 4) is 0 Å². The second kappa shape index (κ2) is 3.22. The van der Waals surface area contributed by atoms with E-state index in [2.05, 4.69) is 0 Å². The molecule has 5 heteroatoms. The molecule has 0 N–H and O–H groups in total. The molecule has 0 unspecified atom stereocenters. The van der Waals surface area contributed by atoms with E-state index < -0.39 is 10.2 Å². The normalized spacial score (nSPS) is 30.5. The highest BCUT2D eigenvalue weighted by molar-refractivity contribution is 7.86. The van der Waals surface area contributed by atoms with Crippen molar-refractivity contribution in [2.24, 2.45) is 0 Å². The van der Waals surface area contributed by atoms with Crippen molar-refractivity contribution >= 4 is 10.2 Å². The number of rotatable bonds is 2. The molecule has 2 rings (SSSR count). The lowest BCUT2D eigenvalue weighted by molar-refractivity contribution is 0.285. The molecule has 1 aliphatic heterocycles. The van der Waals surface area contributed by atoms with Gasteiger partial charge in [0, 0.05) is 25.7 Å². The molecule has 1 aliphatic carbocycles. The molecule has 0 aromatic carbocycles. The van der Waals surface area contributed by atoms with E-state index in [1.54, 1.807) is 8.61 Å². The lowest BCUT2D eigenvalue weighted by Gasteiger charge is -2.33. The monoisotopic (exact) mass is 204 g/mol. The molecule has 0 bridgehead atoms. The zero-order valence-electron chi connectivity index (χ0n) is 7.94. The fraction of sp³-hybridized carbons (Fsp3) is 1.00. The van der Waals surface area contributed by atoms with Crippen molar-refractivity contribution in [3.05, 3.63) is 0 Å². The Bertz CT molecular complexity index is 285. The minimum Gasteiger partial charge on any atom is -0.195 e. The highest BCUT2D eigenvalue weighted by atomic mass is 32.2. The molecule has 1 heterocycles. The van der Waals surface area contributed by atoms with Gasteiger partial charge >= 0.3 is 0 Å². The van der Waals surface area contributed by atoms with Gasteiger partial charge in [-0.25, -0.2) is 0 Å². The standard InChI is InChI=1S/C8H16N2O2S/c1-2-9-6-3-7-10(8-4-5-8)13(9,11)12/h8H,2-7H2,1H3. The predicted octanol–water partition coefficient (Wildman–Crippen LogP) is 0.421. The van der Waals surface area contributed by atoms with Crippen molar-refractivity contribution in [1.82, 2.24) is 8.61 Å². The van der Waals surface area contributed by atoms with Gasteiger partial charge in [-0.3, -0.25) is 0 Å². The molecule has 2 fully saturated rings. The van der Waals surface area contributed by atoms with E-state index in [1.165, 1.54) is 0 Å². The van der Waals surface area contributed by atoms with Crippen LogP contribution in [0.3, 0.4) is 0 Å². The van der Waals surface area contributed by atoms with E-state index in [4.69, 9.17) is 0 Å². The maximum absolute atomic E-state index is 11.9. The molecule has 0 spiro atoms. The largest absolute Gasteiger partial charge is 0.282 e. The van der Waals surface area contributed by atoms with Gasteiger partial charge in [0.15, 0.2) is 0 Å². The molecule has 0 amide bonds. The van der Waals surface area contributed by atoms with Gasteiger partial charge in [-0.1, -0.05) is 6.92 Å². The summed E-state index contributed by atoms with van der Waals surface area (Å²) in [6.07, 6.45) is 3.08. The van der Waals surface area contributed by atoms with E-state index in [-0.39, 0.29) is 0 Å². The molecule has 1 saturated carbocycles. The first kappa shape index (κ1) is 9.43. The second-order valence-corrected chi connectivity index (χ2v) is 5.58.